The van der Waals surface area contributed by atoms with E-state index in [1.165, 1.54) is 16.8 Å². The number of hydrogen-bond acceptors (Lipinski definition) is 3. The number of carbonyl (C=O) groups excluding carboxylic acids is 1. The second kappa shape index (κ2) is 7.50. The molecule has 4 rings (SSSR count). The number of fused-ring (bicyclic) bond motifs is 1. The van der Waals surface area contributed by atoms with Crippen molar-refractivity contribution in [2.24, 2.45) is 5.92 Å². The highest BCUT2D eigenvalue weighted by molar-refractivity contribution is 6.04. The van der Waals surface area contributed by atoms with Gasteiger partial charge in [0.2, 0.25) is 0 Å². The maximum absolute atomic E-state index is 13.1. The second-order valence-electron chi connectivity index (χ2n) is 7.50. The monoisotopic (exact) mass is 391 g/mol. The summed E-state index contributed by atoms with van der Waals surface area (Å²) in [7, 11) is 0. The fourth-order valence-electron chi connectivity index (χ4n) is 3.39. The van der Waals surface area contributed by atoms with Crippen LogP contribution in [0.4, 0.5) is 10.1 Å². The Labute approximate surface area is 168 Å². The zero-order chi connectivity index (χ0) is 20.5. The van der Waals surface area contributed by atoms with E-state index in [-0.39, 0.29) is 17.4 Å². The Morgan fingerprint density at radius 2 is 1.90 bits per heavy atom. The van der Waals surface area contributed by atoms with Gasteiger partial charge in [0.05, 0.1) is 11.4 Å². The lowest BCUT2D eigenvalue weighted by Crippen LogP contribution is -2.14. The number of carbonyl (C=O) groups is 1. The number of aromatic nitrogens is 4. The van der Waals surface area contributed by atoms with Gasteiger partial charge in [0, 0.05) is 29.3 Å². The molecule has 0 spiro atoms. The maximum Gasteiger partial charge on any atom is 0.278 e. The van der Waals surface area contributed by atoms with Gasteiger partial charge in [-0.15, -0.1) is 5.10 Å². The van der Waals surface area contributed by atoms with Crippen molar-refractivity contribution < 1.29 is 9.18 Å². The minimum absolute atomic E-state index is 0.229. The smallest absolute Gasteiger partial charge is 0.278 e. The Morgan fingerprint density at radius 1 is 1.14 bits per heavy atom. The molecule has 6 nitrogen and oxygen atoms in total. The van der Waals surface area contributed by atoms with Gasteiger partial charge in [-0.1, -0.05) is 19.1 Å². The Morgan fingerprint density at radius 3 is 2.62 bits per heavy atom. The van der Waals surface area contributed by atoms with Crippen LogP contribution < -0.4 is 5.32 Å². The molecule has 0 saturated heterocycles. The fraction of sp³-hybridized carbons (Fsp3) is 0.227. The van der Waals surface area contributed by atoms with Gasteiger partial charge in [-0.05, 0) is 61.4 Å². The molecule has 148 valence electrons. The number of rotatable bonds is 5. The summed E-state index contributed by atoms with van der Waals surface area (Å²) in [5, 5.41) is 12.0. The van der Waals surface area contributed by atoms with Gasteiger partial charge in [-0.2, -0.15) is 0 Å². The van der Waals surface area contributed by atoms with E-state index in [4.69, 9.17) is 0 Å². The van der Waals surface area contributed by atoms with Crippen molar-refractivity contribution >= 4 is 22.5 Å². The zero-order valence-corrected chi connectivity index (χ0v) is 16.6. The summed E-state index contributed by atoms with van der Waals surface area (Å²) in [6.07, 6.45) is 2.06. The second-order valence-corrected chi connectivity index (χ2v) is 7.50. The molecule has 1 amide bonds. The van der Waals surface area contributed by atoms with Crippen molar-refractivity contribution in [3.05, 3.63) is 71.9 Å². The van der Waals surface area contributed by atoms with Gasteiger partial charge >= 0.3 is 0 Å². The van der Waals surface area contributed by atoms with Crippen LogP contribution in [0.15, 0.2) is 54.7 Å². The lowest BCUT2D eigenvalue weighted by atomic mass is 10.2. The molecular weight excluding hydrogens is 369 g/mol. The largest absolute Gasteiger partial charge is 0.347 e. The third-order valence-corrected chi connectivity index (χ3v) is 4.77. The number of nitrogens with zero attached hydrogens (tertiary/aromatic N) is 4. The van der Waals surface area contributed by atoms with Gasteiger partial charge in [0.25, 0.3) is 5.91 Å². The zero-order valence-electron chi connectivity index (χ0n) is 16.6. The molecule has 0 aliphatic rings. The van der Waals surface area contributed by atoms with Crippen LogP contribution in [0, 0.1) is 18.7 Å². The average Bonchev–Trinajstić information content (AvgIpc) is 3.25. The lowest BCUT2D eigenvalue weighted by Gasteiger charge is -2.09. The number of halogens is 1. The minimum atomic E-state index is -0.336. The van der Waals surface area contributed by atoms with E-state index in [1.54, 1.807) is 19.1 Å². The third kappa shape index (κ3) is 3.76. The van der Waals surface area contributed by atoms with Crippen LogP contribution in [0.25, 0.3) is 16.6 Å². The molecule has 0 unspecified atom stereocenters. The summed E-state index contributed by atoms with van der Waals surface area (Å²) in [6, 6.07) is 13.8. The Bertz CT molecular complexity index is 1170. The molecule has 0 radical (unpaired) electrons. The number of anilines is 1. The summed E-state index contributed by atoms with van der Waals surface area (Å²) in [4.78, 5) is 12.7. The summed E-state index contributed by atoms with van der Waals surface area (Å²) < 4.78 is 16.9. The van der Waals surface area contributed by atoms with Crippen LogP contribution in [-0.4, -0.2) is 25.5 Å². The van der Waals surface area contributed by atoms with Gasteiger partial charge < -0.3 is 9.88 Å². The number of hydrogen-bond donors (Lipinski definition) is 1. The topological polar surface area (TPSA) is 64.7 Å². The molecule has 2 aromatic carbocycles. The predicted molar refractivity (Wildman–Crippen MR) is 111 cm³/mol. The molecule has 2 heterocycles. The molecule has 2 aromatic heterocycles. The molecule has 0 aliphatic heterocycles. The van der Waals surface area contributed by atoms with Crippen molar-refractivity contribution in [2.45, 2.75) is 27.3 Å². The first-order chi connectivity index (χ1) is 13.9. The van der Waals surface area contributed by atoms with Gasteiger partial charge in [0.15, 0.2) is 5.69 Å². The van der Waals surface area contributed by atoms with Crippen LogP contribution in [-0.2, 0) is 6.54 Å². The fourth-order valence-corrected chi connectivity index (χ4v) is 3.39. The van der Waals surface area contributed by atoms with Gasteiger partial charge in [0.1, 0.15) is 5.82 Å². The molecule has 0 bridgehead atoms. The van der Waals surface area contributed by atoms with Crippen molar-refractivity contribution in [3.63, 3.8) is 0 Å². The van der Waals surface area contributed by atoms with E-state index in [9.17, 15) is 9.18 Å². The highest BCUT2D eigenvalue weighted by Gasteiger charge is 2.18. The number of amides is 1. The van der Waals surface area contributed by atoms with Crippen molar-refractivity contribution in [1.82, 2.24) is 19.6 Å². The Hall–Kier alpha value is -3.48. The van der Waals surface area contributed by atoms with E-state index < -0.39 is 0 Å². The molecule has 29 heavy (non-hydrogen) atoms. The van der Waals surface area contributed by atoms with E-state index >= 15 is 0 Å². The average molecular weight is 391 g/mol. The van der Waals surface area contributed by atoms with Crippen LogP contribution in [0.1, 0.15) is 30.0 Å². The molecule has 1 N–H and O–H groups in total. The Balaban J connectivity index is 1.56. The summed E-state index contributed by atoms with van der Waals surface area (Å²) in [5.41, 5.74) is 3.28. The number of benzene rings is 2. The van der Waals surface area contributed by atoms with Crippen LogP contribution in [0.3, 0.4) is 0 Å². The van der Waals surface area contributed by atoms with E-state index in [0.29, 0.717) is 23.0 Å². The Kier molecular flexibility index (Phi) is 4.88. The lowest BCUT2D eigenvalue weighted by molar-refractivity contribution is 0.102. The molecule has 7 heteroatoms. The van der Waals surface area contributed by atoms with Crippen LogP contribution >= 0.6 is 0 Å². The SMILES string of the molecule is Cc1c(C(=O)Nc2ccc3c(ccn3CC(C)C)c2)nnn1-c1ccc(F)cc1. The first-order valence-corrected chi connectivity index (χ1v) is 9.51. The minimum Gasteiger partial charge on any atom is -0.347 e. The van der Waals surface area contributed by atoms with Gasteiger partial charge in [-0.25, -0.2) is 9.07 Å². The molecule has 0 atom stereocenters. The molecule has 4 aromatic rings. The summed E-state index contributed by atoms with van der Waals surface area (Å²) >= 11 is 0. The maximum atomic E-state index is 13.1. The third-order valence-electron chi connectivity index (χ3n) is 4.77. The van der Waals surface area contributed by atoms with E-state index in [0.717, 1.165) is 17.4 Å². The van der Waals surface area contributed by atoms with Crippen LogP contribution in [0.2, 0.25) is 0 Å². The highest BCUT2D eigenvalue weighted by atomic mass is 19.1. The van der Waals surface area contributed by atoms with Crippen molar-refractivity contribution in [1.29, 1.82) is 0 Å². The molecule has 0 aliphatic carbocycles. The standard InChI is InChI=1S/C22H22FN5O/c1-14(2)13-27-11-10-16-12-18(6-9-20(16)27)24-22(29)21-15(3)28(26-25-21)19-7-4-17(23)5-8-19/h4-12,14H,13H2,1-3H3,(H,24,29). The predicted octanol–water partition coefficient (Wildman–Crippen LogP) is 4.58. The first-order valence-electron chi connectivity index (χ1n) is 9.51. The summed E-state index contributed by atoms with van der Waals surface area (Å²) in [5.74, 6) is -0.115. The quantitative estimate of drug-likeness (QED) is 0.542. The van der Waals surface area contributed by atoms with E-state index in [2.05, 4.69) is 40.2 Å². The van der Waals surface area contributed by atoms with Crippen molar-refractivity contribution in [3.8, 4) is 5.69 Å². The summed E-state index contributed by atoms with van der Waals surface area (Å²) in [6.45, 7) is 7.07. The first kappa shape index (κ1) is 18.9. The van der Waals surface area contributed by atoms with Crippen LogP contribution in [0.5, 0.6) is 0 Å². The normalized spacial score (nSPS) is 11.3. The van der Waals surface area contributed by atoms with E-state index in [1.807, 2.05) is 24.3 Å². The molecule has 0 fully saturated rings. The highest BCUT2D eigenvalue weighted by Crippen LogP contribution is 2.22. The van der Waals surface area contributed by atoms with Gasteiger partial charge in [-0.3, -0.25) is 4.79 Å². The molecule has 0 saturated carbocycles. The van der Waals surface area contributed by atoms with Crippen molar-refractivity contribution in [2.75, 3.05) is 5.32 Å². The number of nitrogens with one attached hydrogen (secondary N) is 1. The molecular formula is C22H22FN5O.